The minimum Gasteiger partial charge on any atom is -0.507 e. The van der Waals surface area contributed by atoms with Crippen molar-refractivity contribution >= 4 is 17.9 Å². The van der Waals surface area contributed by atoms with Gasteiger partial charge >= 0.3 is 0 Å². The number of aliphatic hydroxyl groups excluding tert-OH is 1. The number of hydrogen-bond acceptors (Lipinski definition) is 3. The van der Waals surface area contributed by atoms with E-state index in [1.165, 1.54) is 12.1 Å². The summed E-state index contributed by atoms with van der Waals surface area (Å²) in [5, 5.41) is 17.0. The van der Waals surface area contributed by atoms with Gasteiger partial charge in [-0.05, 0) is 25.1 Å². The molecule has 1 aromatic carbocycles. The van der Waals surface area contributed by atoms with Gasteiger partial charge in [0.05, 0.1) is 5.56 Å². The maximum absolute atomic E-state index is 10.1. The molecule has 0 aliphatic heterocycles. The molecule has 72 valence electrons. The van der Waals surface area contributed by atoms with E-state index < -0.39 is 0 Å². The highest BCUT2D eigenvalue weighted by atomic mass is 35.5. The second kappa shape index (κ2) is 6.46. The second-order valence-corrected chi connectivity index (χ2v) is 2.57. The van der Waals surface area contributed by atoms with Crippen LogP contribution in [0.2, 0.25) is 5.02 Å². The molecule has 0 saturated carbocycles. The Morgan fingerprint density at radius 3 is 2.46 bits per heavy atom. The van der Waals surface area contributed by atoms with Gasteiger partial charge in [-0.3, -0.25) is 4.79 Å². The van der Waals surface area contributed by atoms with Gasteiger partial charge in [0.25, 0.3) is 0 Å². The molecule has 4 heteroatoms. The minimum absolute atomic E-state index is 0.0810. The normalized spacial score (nSPS) is 8.54. The Balaban J connectivity index is 0.000000424. The van der Waals surface area contributed by atoms with E-state index in [1.54, 1.807) is 13.0 Å². The zero-order chi connectivity index (χ0) is 10.3. The molecule has 0 radical (unpaired) electrons. The number of carbonyl (C=O) groups is 1. The third-order valence-electron chi connectivity index (χ3n) is 1.12. The number of benzene rings is 1. The SMILES string of the molecule is CCO.O=Cc1ccc(Cl)cc1O. The molecule has 1 rings (SSSR count). The Kier molecular flexibility index (Phi) is 5.93. The maximum atomic E-state index is 10.1. The van der Waals surface area contributed by atoms with Crippen LogP contribution in [0.15, 0.2) is 18.2 Å². The molecular formula is C9H11ClO3. The molecule has 0 fully saturated rings. The summed E-state index contributed by atoms with van der Waals surface area (Å²) >= 11 is 5.50. The standard InChI is InChI=1S/C7H5ClO2.C2H6O/c8-6-2-1-5(4-9)7(10)3-6;1-2-3/h1-4,10H;3H,2H2,1H3. The molecule has 0 amide bonds. The van der Waals surface area contributed by atoms with Gasteiger partial charge in [0.15, 0.2) is 6.29 Å². The minimum atomic E-state index is -0.0810. The fraction of sp³-hybridized carbons (Fsp3) is 0.222. The van der Waals surface area contributed by atoms with Crippen LogP contribution < -0.4 is 0 Å². The molecular weight excluding hydrogens is 192 g/mol. The van der Waals surface area contributed by atoms with Gasteiger partial charge < -0.3 is 10.2 Å². The van der Waals surface area contributed by atoms with Crippen LogP contribution in [-0.2, 0) is 0 Å². The summed E-state index contributed by atoms with van der Waals surface area (Å²) in [6.45, 7) is 1.93. The number of aromatic hydroxyl groups is 1. The predicted octanol–water partition coefficient (Wildman–Crippen LogP) is 1.86. The zero-order valence-corrected chi connectivity index (χ0v) is 7.95. The fourth-order valence-corrected chi connectivity index (χ4v) is 0.783. The van der Waals surface area contributed by atoms with Gasteiger partial charge in [0.2, 0.25) is 0 Å². The molecule has 0 aliphatic carbocycles. The summed E-state index contributed by atoms with van der Waals surface area (Å²) in [6.07, 6.45) is 0.575. The molecule has 0 heterocycles. The number of aldehydes is 1. The van der Waals surface area contributed by atoms with Gasteiger partial charge in [-0.2, -0.15) is 0 Å². The van der Waals surface area contributed by atoms with Crippen molar-refractivity contribution in [2.75, 3.05) is 6.61 Å². The third-order valence-corrected chi connectivity index (χ3v) is 1.35. The Labute approximate surface area is 81.6 Å². The lowest BCUT2D eigenvalue weighted by Gasteiger charge is -1.94. The Morgan fingerprint density at radius 2 is 2.08 bits per heavy atom. The van der Waals surface area contributed by atoms with Crippen molar-refractivity contribution in [2.45, 2.75) is 6.92 Å². The first-order chi connectivity index (χ1) is 6.15. The first-order valence-corrected chi connectivity index (χ1v) is 4.08. The summed E-state index contributed by atoms with van der Waals surface area (Å²) in [6, 6.07) is 4.33. The van der Waals surface area contributed by atoms with E-state index in [-0.39, 0.29) is 17.9 Å². The highest BCUT2D eigenvalue weighted by Gasteiger charge is 1.97. The van der Waals surface area contributed by atoms with Crippen LogP contribution >= 0.6 is 11.6 Å². The number of halogens is 1. The number of hydrogen-bond donors (Lipinski definition) is 2. The van der Waals surface area contributed by atoms with Crippen molar-refractivity contribution in [2.24, 2.45) is 0 Å². The van der Waals surface area contributed by atoms with Crippen LogP contribution in [0.1, 0.15) is 17.3 Å². The van der Waals surface area contributed by atoms with Gasteiger partial charge in [0.1, 0.15) is 5.75 Å². The number of carbonyl (C=O) groups excluding carboxylic acids is 1. The van der Waals surface area contributed by atoms with E-state index in [4.69, 9.17) is 21.8 Å². The average Bonchev–Trinajstić information content (AvgIpc) is 2.06. The lowest BCUT2D eigenvalue weighted by molar-refractivity contribution is 0.112. The van der Waals surface area contributed by atoms with Gasteiger partial charge in [0, 0.05) is 11.6 Å². The molecule has 13 heavy (non-hydrogen) atoms. The Hall–Kier alpha value is -1.06. The van der Waals surface area contributed by atoms with E-state index >= 15 is 0 Å². The fourth-order valence-electron chi connectivity index (χ4n) is 0.616. The lowest BCUT2D eigenvalue weighted by Crippen LogP contribution is -1.78. The molecule has 0 bridgehead atoms. The summed E-state index contributed by atoms with van der Waals surface area (Å²) in [4.78, 5) is 10.1. The highest BCUT2D eigenvalue weighted by Crippen LogP contribution is 2.19. The molecule has 1 aromatic rings. The van der Waals surface area contributed by atoms with E-state index in [2.05, 4.69) is 0 Å². The summed E-state index contributed by atoms with van der Waals surface area (Å²) in [5.41, 5.74) is 0.254. The smallest absolute Gasteiger partial charge is 0.153 e. The van der Waals surface area contributed by atoms with Crippen LogP contribution in [-0.4, -0.2) is 23.1 Å². The van der Waals surface area contributed by atoms with Crippen molar-refractivity contribution < 1.29 is 15.0 Å². The molecule has 0 unspecified atom stereocenters. The number of aliphatic hydroxyl groups is 1. The zero-order valence-electron chi connectivity index (χ0n) is 7.20. The van der Waals surface area contributed by atoms with Crippen molar-refractivity contribution in [3.63, 3.8) is 0 Å². The Morgan fingerprint density at radius 1 is 1.54 bits per heavy atom. The van der Waals surface area contributed by atoms with Gasteiger partial charge in [-0.25, -0.2) is 0 Å². The quantitative estimate of drug-likeness (QED) is 0.684. The monoisotopic (exact) mass is 202 g/mol. The number of rotatable bonds is 1. The van der Waals surface area contributed by atoms with Crippen molar-refractivity contribution in [1.82, 2.24) is 0 Å². The summed E-state index contributed by atoms with van der Waals surface area (Å²) in [7, 11) is 0. The van der Waals surface area contributed by atoms with E-state index in [0.29, 0.717) is 11.3 Å². The number of phenols is 1. The van der Waals surface area contributed by atoms with Crippen molar-refractivity contribution in [3.05, 3.63) is 28.8 Å². The second-order valence-electron chi connectivity index (χ2n) is 2.14. The van der Waals surface area contributed by atoms with Crippen LogP contribution in [0.4, 0.5) is 0 Å². The Bertz CT molecular complexity index is 274. The van der Waals surface area contributed by atoms with Crippen LogP contribution in [0, 0.1) is 0 Å². The van der Waals surface area contributed by atoms with Gasteiger partial charge in [-0.1, -0.05) is 11.6 Å². The molecule has 3 nitrogen and oxygen atoms in total. The first kappa shape index (κ1) is 11.9. The molecule has 0 saturated heterocycles. The predicted molar refractivity (Wildman–Crippen MR) is 51.3 cm³/mol. The highest BCUT2D eigenvalue weighted by molar-refractivity contribution is 6.30. The molecule has 2 N–H and O–H groups in total. The third kappa shape index (κ3) is 4.50. The largest absolute Gasteiger partial charge is 0.507 e. The topological polar surface area (TPSA) is 57.5 Å². The lowest BCUT2D eigenvalue weighted by atomic mass is 10.2. The molecule has 0 spiro atoms. The average molecular weight is 203 g/mol. The van der Waals surface area contributed by atoms with Crippen LogP contribution in [0.3, 0.4) is 0 Å². The molecule has 0 atom stereocenters. The summed E-state index contributed by atoms with van der Waals surface area (Å²) < 4.78 is 0. The first-order valence-electron chi connectivity index (χ1n) is 3.70. The van der Waals surface area contributed by atoms with E-state index in [0.717, 1.165) is 0 Å². The van der Waals surface area contributed by atoms with Crippen molar-refractivity contribution in [1.29, 1.82) is 0 Å². The van der Waals surface area contributed by atoms with Gasteiger partial charge in [-0.15, -0.1) is 0 Å². The van der Waals surface area contributed by atoms with Crippen LogP contribution in [0.5, 0.6) is 5.75 Å². The van der Waals surface area contributed by atoms with E-state index in [9.17, 15) is 4.79 Å². The summed E-state index contributed by atoms with van der Waals surface area (Å²) in [5.74, 6) is -0.0810. The van der Waals surface area contributed by atoms with Crippen molar-refractivity contribution in [3.8, 4) is 5.75 Å². The molecule has 0 aliphatic rings. The number of phenolic OH excluding ortho intramolecular Hbond substituents is 1. The van der Waals surface area contributed by atoms with E-state index in [1.807, 2.05) is 0 Å². The maximum Gasteiger partial charge on any atom is 0.153 e. The molecule has 0 aromatic heterocycles. The van der Waals surface area contributed by atoms with Crippen LogP contribution in [0.25, 0.3) is 0 Å².